The van der Waals surface area contributed by atoms with Crippen molar-refractivity contribution in [2.45, 2.75) is 0 Å². The number of rotatable bonds is 6. The third-order valence-corrected chi connectivity index (χ3v) is 10.4. The minimum absolute atomic E-state index is 1.11. The maximum atomic E-state index is 2.42. The van der Waals surface area contributed by atoms with E-state index in [9.17, 15) is 0 Å². The van der Waals surface area contributed by atoms with E-state index in [2.05, 4.69) is 216 Å². The van der Waals surface area contributed by atoms with E-state index in [4.69, 9.17) is 0 Å². The lowest BCUT2D eigenvalue weighted by atomic mass is 10.0. The molecule has 10 aromatic rings. The van der Waals surface area contributed by atoms with Gasteiger partial charge < -0.3 is 9.47 Å². The van der Waals surface area contributed by atoms with Crippen LogP contribution in [0.1, 0.15) is 0 Å². The number of fused-ring (bicyclic) bond motifs is 6. The van der Waals surface area contributed by atoms with Crippen molar-refractivity contribution in [1.82, 2.24) is 4.57 Å². The highest BCUT2D eigenvalue weighted by Gasteiger charge is 2.16. The minimum atomic E-state index is 1.11. The predicted octanol–water partition coefficient (Wildman–Crippen LogP) is 13.9. The van der Waals surface area contributed by atoms with E-state index < -0.39 is 0 Å². The first kappa shape index (κ1) is 30.0. The zero-order valence-corrected chi connectivity index (χ0v) is 28.5. The second-order valence-electron chi connectivity index (χ2n) is 13.4. The molecule has 0 aliphatic rings. The molecule has 52 heavy (non-hydrogen) atoms. The summed E-state index contributed by atoms with van der Waals surface area (Å²) in [6, 6.07) is 74.6. The molecular formula is C50H34N2. The molecule has 1 aromatic heterocycles. The van der Waals surface area contributed by atoms with Gasteiger partial charge in [0, 0.05) is 38.9 Å². The molecule has 0 bridgehead atoms. The number of para-hydroxylation sites is 1. The van der Waals surface area contributed by atoms with Gasteiger partial charge in [-0.1, -0.05) is 152 Å². The van der Waals surface area contributed by atoms with Gasteiger partial charge in [-0.05, 0) is 93.0 Å². The summed E-state index contributed by atoms with van der Waals surface area (Å²) in [5.41, 5.74) is 11.8. The molecule has 0 amide bonds. The highest BCUT2D eigenvalue weighted by molar-refractivity contribution is 6.18. The lowest BCUT2D eigenvalue weighted by Crippen LogP contribution is -2.09. The van der Waals surface area contributed by atoms with Gasteiger partial charge in [-0.2, -0.15) is 0 Å². The van der Waals surface area contributed by atoms with Crippen molar-refractivity contribution in [2.75, 3.05) is 4.90 Å². The molecule has 0 unspecified atom stereocenters. The van der Waals surface area contributed by atoms with E-state index in [1.807, 2.05) is 0 Å². The fourth-order valence-electron chi connectivity index (χ4n) is 7.80. The number of anilines is 3. The Morgan fingerprint density at radius 2 is 0.808 bits per heavy atom. The Hall–Kier alpha value is -6.90. The van der Waals surface area contributed by atoms with Gasteiger partial charge in [0.05, 0.1) is 11.0 Å². The van der Waals surface area contributed by atoms with E-state index in [1.165, 1.54) is 65.6 Å². The first-order chi connectivity index (χ1) is 25.8. The lowest BCUT2D eigenvalue weighted by Gasteiger charge is -2.26. The monoisotopic (exact) mass is 662 g/mol. The summed E-state index contributed by atoms with van der Waals surface area (Å²) in [4.78, 5) is 2.35. The summed E-state index contributed by atoms with van der Waals surface area (Å²) < 4.78 is 2.42. The van der Waals surface area contributed by atoms with Crippen molar-refractivity contribution < 1.29 is 0 Å². The Kier molecular flexibility index (Phi) is 7.18. The van der Waals surface area contributed by atoms with E-state index in [1.54, 1.807) is 0 Å². The van der Waals surface area contributed by atoms with Crippen LogP contribution in [0.3, 0.4) is 0 Å². The van der Waals surface area contributed by atoms with Gasteiger partial charge in [0.25, 0.3) is 0 Å². The predicted molar refractivity (Wildman–Crippen MR) is 221 cm³/mol. The van der Waals surface area contributed by atoms with Crippen molar-refractivity contribution in [2.24, 2.45) is 0 Å². The second-order valence-corrected chi connectivity index (χ2v) is 13.4. The molecule has 0 fully saturated rings. The first-order valence-corrected chi connectivity index (χ1v) is 17.8. The van der Waals surface area contributed by atoms with Crippen LogP contribution in [0.15, 0.2) is 206 Å². The topological polar surface area (TPSA) is 8.17 Å². The molecule has 0 atom stereocenters. The van der Waals surface area contributed by atoms with Crippen LogP contribution >= 0.6 is 0 Å². The van der Waals surface area contributed by atoms with Crippen LogP contribution in [0, 0.1) is 0 Å². The Morgan fingerprint density at radius 1 is 0.308 bits per heavy atom. The van der Waals surface area contributed by atoms with Crippen LogP contribution in [0.2, 0.25) is 0 Å². The van der Waals surface area contributed by atoms with Crippen molar-refractivity contribution >= 4 is 60.4 Å². The zero-order chi connectivity index (χ0) is 34.4. The van der Waals surface area contributed by atoms with Crippen molar-refractivity contribution in [3.8, 4) is 27.9 Å². The standard InChI is InChI=1S/C50H34N2/c1-2-10-35(11-3-1)37-18-26-42(27-19-37)51(45-32-24-36-12-4-5-14-41(36)34-45)43-28-20-38(21-29-43)39-22-30-44(31-23-39)52-49-17-9-8-16-47(49)48-33-25-40-13-6-7-15-46(40)50(48)52/h1-34H. The fourth-order valence-corrected chi connectivity index (χ4v) is 7.80. The van der Waals surface area contributed by atoms with Crippen LogP contribution in [-0.2, 0) is 0 Å². The first-order valence-electron chi connectivity index (χ1n) is 17.8. The molecule has 0 aliphatic heterocycles. The summed E-state index contributed by atoms with van der Waals surface area (Å²) in [6.07, 6.45) is 0. The Labute approximate surface area is 303 Å². The maximum Gasteiger partial charge on any atom is 0.0619 e. The molecule has 0 aliphatic carbocycles. The molecule has 0 spiro atoms. The Balaban J connectivity index is 1.03. The largest absolute Gasteiger partial charge is 0.310 e. The third kappa shape index (κ3) is 5.12. The molecule has 0 saturated heterocycles. The summed E-state index contributed by atoms with van der Waals surface area (Å²) in [6.45, 7) is 0. The summed E-state index contributed by atoms with van der Waals surface area (Å²) in [5, 5.41) is 7.52. The molecule has 2 heteroatoms. The second kappa shape index (κ2) is 12.5. The summed E-state index contributed by atoms with van der Waals surface area (Å²) in [5.74, 6) is 0. The lowest BCUT2D eigenvalue weighted by molar-refractivity contribution is 1.19. The van der Waals surface area contributed by atoms with Gasteiger partial charge in [-0.15, -0.1) is 0 Å². The van der Waals surface area contributed by atoms with E-state index in [0.29, 0.717) is 0 Å². The number of nitrogens with zero attached hydrogens (tertiary/aromatic N) is 2. The smallest absolute Gasteiger partial charge is 0.0619 e. The van der Waals surface area contributed by atoms with Crippen LogP contribution in [0.25, 0.3) is 71.3 Å². The van der Waals surface area contributed by atoms with Crippen molar-refractivity contribution in [3.63, 3.8) is 0 Å². The summed E-state index contributed by atoms with van der Waals surface area (Å²) >= 11 is 0. The van der Waals surface area contributed by atoms with Crippen LogP contribution in [0.5, 0.6) is 0 Å². The maximum absolute atomic E-state index is 2.42. The zero-order valence-electron chi connectivity index (χ0n) is 28.5. The normalized spacial score (nSPS) is 11.5. The van der Waals surface area contributed by atoms with Gasteiger partial charge in [0.15, 0.2) is 0 Å². The highest BCUT2D eigenvalue weighted by Crippen LogP contribution is 2.39. The van der Waals surface area contributed by atoms with Crippen molar-refractivity contribution in [3.05, 3.63) is 206 Å². The molecule has 244 valence electrons. The van der Waals surface area contributed by atoms with Gasteiger partial charge >= 0.3 is 0 Å². The number of hydrogen-bond acceptors (Lipinski definition) is 1. The molecule has 10 rings (SSSR count). The molecule has 2 nitrogen and oxygen atoms in total. The minimum Gasteiger partial charge on any atom is -0.310 e. The number of benzene rings is 9. The molecule has 1 heterocycles. The van der Waals surface area contributed by atoms with E-state index >= 15 is 0 Å². The Morgan fingerprint density at radius 3 is 1.50 bits per heavy atom. The van der Waals surface area contributed by atoms with Gasteiger partial charge in [-0.25, -0.2) is 0 Å². The molecule has 0 radical (unpaired) electrons. The average Bonchev–Trinajstić information content (AvgIpc) is 3.57. The Bertz CT molecular complexity index is 2870. The van der Waals surface area contributed by atoms with E-state index in [0.717, 1.165) is 22.7 Å². The summed E-state index contributed by atoms with van der Waals surface area (Å²) in [7, 11) is 0. The molecule has 9 aromatic carbocycles. The number of hydrogen-bond donors (Lipinski definition) is 0. The SMILES string of the molecule is c1ccc(-c2ccc(N(c3ccc(-c4ccc(-n5c6ccccc6c6ccc7ccccc7c65)cc4)cc3)c3ccc4ccccc4c3)cc2)cc1. The molecule has 0 saturated carbocycles. The molecule has 0 N–H and O–H groups in total. The van der Waals surface area contributed by atoms with Crippen molar-refractivity contribution in [1.29, 1.82) is 0 Å². The molecular weight excluding hydrogens is 629 g/mol. The highest BCUT2D eigenvalue weighted by atomic mass is 15.1. The van der Waals surface area contributed by atoms with Gasteiger partial charge in [0.2, 0.25) is 0 Å². The average molecular weight is 663 g/mol. The van der Waals surface area contributed by atoms with Gasteiger partial charge in [0.1, 0.15) is 0 Å². The number of aromatic nitrogens is 1. The fraction of sp³-hybridized carbons (Fsp3) is 0. The third-order valence-electron chi connectivity index (χ3n) is 10.4. The quantitative estimate of drug-likeness (QED) is 0.172. The van der Waals surface area contributed by atoms with Gasteiger partial charge in [-0.3, -0.25) is 0 Å². The van der Waals surface area contributed by atoms with E-state index in [-0.39, 0.29) is 0 Å². The van der Waals surface area contributed by atoms with Crippen LogP contribution in [0.4, 0.5) is 17.1 Å². The van der Waals surface area contributed by atoms with Crippen LogP contribution < -0.4 is 4.90 Å². The van der Waals surface area contributed by atoms with Crippen LogP contribution in [-0.4, -0.2) is 4.57 Å².